The number of carboxylic acids is 1. The zero-order chi connectivity index (χ0) is 38.2. The largest absolute Gasteiger partial charge is 2.00 e. The molecule has 0 spiro atoms. The van der Waals surface area contributed by atoms with Crippen molar-refractivity contribution in [3.8, 4) is 0 Å². The van der Waals surface area contributed by atoms with E-state index in [0.717, 1.165) is 0 Å². The maximum atomic E-state index is 13.9. The Bertz CT molecular complexity index is 2250. The SMILES string of the molecule is CC[C@H]1c2cc3[n-]c(c(CC(=O)OC)c4nc(cc5[n-]c(cc(n2)[C@@H]1C)c(C(C)=O)c5C)[C@@H](C)[C@@H]4CCC(=O)[O-])c(C(=O)NCCS(=O)(=O)[O-])c3C.[Pd+2]. The van der Waals surface area contributed by atoms with Crippen LogP contribution in [0.5, 0.6) is 0 Å². The first-order chi connectivity index (χ1) is 24.4. The molecule has 16 heteroatoms. The smallest absolute Gasteiger partial charge is 0.748 e. The van der Waals surface area contributed by atoms with Crippen molar-refractivity contribution in [2.45, 2.75) is 90.9 Å². The predicted molar refractivity (Wildman–Crippen MR) is 188 cm³/mol. The van der Waals surface area contributed by atoms with Crippen LogP contribution in [0.3, 0.4) is 0 Å². The van der Waals surface area contributed by atoms with Crippen molar-refractivity contribution in [2.24, 2.45) is 0 Å². The van der Waals surface area contributed by atoms with Crippen molar-refractivity contribution >= 4 is 55.8 Å². The van der Waals surface area contributed by atoms with E-state index in [1.807, 2.05) is 26.8 Å². The van der Waals surface area contributed by atoms with Crippen molar-refractivity contribution in [3.05, 3.63) is 68.8 Å². The monoisotopic (exact) mass is 837 g/mol. The fraction of sp³-hybridized carbons (Fsp3) is 0.459. The summed E-state index contributed by atoms with van der Waals surface area (Å²) in [6.45, 7) is 10.4. The van der Waals surface area contributed by atoms with Crippen LogP contribution in [0.1, 0.15) is 131 Å². The number of rotatable bonds is 11. The number of aromatic nitrogens is 4. The van der Waals surface area contributed by atoms with Crippen molar-refractivity contribution in [1.29, 1.82) is 0 Å². The van der Waals surface area contributed by atoms with E-state index in [2.05, 4.69) is 5.32 Å². The Balaban J connectivity index is 0.00000627. The van der Waals surface area contributed by atoms with E-state index >= 15 is 0 Å². The molecule has 0 saturated heterocycles. The van der Waals surface area contributed by atoms with Gasteiger partial charge in [0.15, 0.2) is 5.78 Å². The number of hydrogen-bond donors (Lipinski definition) is 1. The molecule has 14 nitrogen and oxygen atoms in total. The molecule has 286 valence electrons. The molecule has 3 aromatic heterocycles. The minimum atomic E-state index is -4.64. The number of hydrogen-bond acceptors (Lipinski definition) is 11. The van der Waals surface area contributed by atoms with E-state index in [-0.39, 0.29) is 67.5 Å². The number of methoxy groups -OCH3 is 1. The number of carboxylic acid groups (broad SMARTS) is 1. The van der Waals surface area contributed by atoms with E-state index in [9.17, 15) is 37.3 Å². The average molecular weight is 838 g/mol. The van der Waals surface area contributed by atoms with Gasteiger partial charge in [-0.2, -0.15) is 0 Å². The molecule has 0 aliphatic carbocycles. The van der Waals surface area contributed by atoms with Crippen molar-refractivity contribution in [1.82, 2.24) is 25.3 Å². The van der Waals surface area contributed by atoms with Crippen LogP contribution in [0.25, 0.3) is 22.1 Å². The number of aliphatic carboxylic acids is 1. The van der Waals surface area contributed by atoms with Gasteiger partial charge in [-0.05, 0) is 45.6 Å². The van der Waals surface area contributed by atoms with Crippen LogP contribution in [0, 0.1) is 13.8 Å². The molecule has 4 atom stereocenters. The number of carbonyl (C=O) groups is 4. The molecule has 8 bridgehead atoms. The molecule has 0 saturated carbocycles. The number of fused-ring (bicyclic) bond motifs is 8. The van der Waals surface area contributed by atoms with Crippen molar-refractivity contribution in [3.63, 3.8) is 0 Å². The molecule has 3 aromatic rings. The predicted octanol–water partition coefficient (Wildman–Crippen LogP) is 3.10. The summed E-state index contributed by atoms with van der Waals surface area (Å²) in [7, 11) is -3.43. The van der Waals surface area contributed by atoms with Crippen molar-refractivity contribution < 1.29 is 62.4 Å². The van der Waals surface area contributed by atoms with E-state index < -0.39 is 58.5 Å². The third kappa shape index (κ3) is 8.62. The number of esters is 1. The third-order valence-electron chi connectivity index (χ3n) is 10.2. The molecule has 0 radical (unpaired) electrons. The fourth-order valence-corrected chi connectivity index (χ4v) is 7.69. The molecule has 2 aliphatic heterocycles. The Kier molecular flexibility index (Phi) is 12.9. The minimum absolute atomic E-state index is 0. The first-order valence-corrected chi connectivity index (χ1v) is 18.7. The molecule has 5 heterocycles. The van der Waals surface area contributed by atoms with Crippen LogP contribution >= 0.6 is 0 Å². The Morgan fingerprint density at radius 3 is 2.09 bits per heavy atom. The molecule has 1 N–H and O–H groups in total. The third-order valence-corrected chi connectivity index (χ3v) is 10.9. The Morgan fingerprint density at radius 2 is 1.49 bits per heavy atom. The normalized spacial score (nSPS) is 18.3. The molecule has 1 amide bonds. The van der Waals surface area contributed by atoms with E-state index in [4.69, 9.17) is 24.7 Å². The van der Waals surface area contributed by atoms with Crippen LogP contribution in [-0.2, 0) is 51.3 Å². The second-order valence-electron chi connectivity index (χ2n) is 13.5. The van der Waals surface area contributed by atoms with Gasteiger partial charge < -0.3 is 34.5 Å². The molecule has 0 aromatic carbocycles. The van der Waals surface area contributed by atoms with E-state index in [1.165, 1.54) is 14.0 Å². The van der Waals surface area contributed by atoms with Gasteiger partial charge in [0.25, 0.3) is 0 Å². The van der Waals surface area contributed by atoms with Gasteiger partial charge in [-0.1, -0.05) is 50.1 Å². The van der Waals surface area contributed by atoms with E-state index in [0.29, 0.717) is 62.4 Å². The second kappa shape index (κ2) is 16.4. The zero-order valence-electron chi connectivity index (χ0n) is 30.5. The van der Waals surface area contributed by atoms with Crippen LogP contribution in [0.4, 0.5) is 0 Å². The summed E-state index contributed by atoms with van der Waals surface area (Å²) in [5.74, 6) is -4.82. The summed E-state index contributed by atoms with van der Waals surface area (Å²) >= 11 is 0. The number of ketones is 1. The number of carbonyl (C=O) groups excluding carboxylic acids is 4. The standard InChI is InChI=1S/C37H45N5O9S.Pd/c1-8-22-17(2)25-16-30-33(21(6)43)19(4)27(40-30)14-26-18(3)23(9-10-31(44)45)35(41-26)24(13-32(46)51-7)36-34(37(47)38-11-12-52(48,49)50)20(5)28(42-36)15-29(22)39-25;/h14-18,22-23H,8-13H2,1-7H3,(H5,38,39,40,41,42,43,44,45,47,48,49,50);/q;+2/p-4/t17-,18+,22-,23+;/m1./s1. The first kappa shape index (κ1) is 41.5. The maximum Gasteiger partial charge on any atom is 2.00 e. The molecule has 2 aliphatic rings. The van der Waals surface area contributed by atoms with Gasteiger partial charge in [-0.15, -0.1) is 22.1 Å². The topological polar surface area (TPSA) is 224 Å². The quantitative estimate of drug-likeness (QED) is 0.127. The zero-order valence-corrected chi connectivity index (χ0v) is 32.8. The number of nitrogens with zero attached hydrogens (tertiary/aromatic N) is 4. The second-order valence-corrected chi connectivity index (χ2v) is 15.0. The summed E-state index contributed by atoms with van der Waals surface area (Å²) in [4.78, 5) is 71.4. The van der Waals surface area contributed by atoms with Gasteiger partial charge in [0.1, 0.15) is 0 Å². The van der Waals surface area contributed by atoms with Crippen LogP contribution in [0.15, 0.2) is 18.2 Å². The van der Waals surface area contributed by atoms with Crippen LogP contribution < -0.4 is 20.4 Å². The fourth-order valence-electron chi connectivity index (χ4n) is 7.34. The van der Waals surface area contributed by atoms with E-state index in [1.54, 1.807) is 26.0 Å². The van der Waals surface area contributed by atoms with Gasteiger partial charge in [0.2, 0.25) is 5.91 Å². The van der Waals surface area contributed by atoms with Gasteiger partial charge >= 0.3 is 26.4 Å². The summed E-state index contributed by atoms with van der Waals surface area (Å²) in [6, 6.07) is 5.34. The maximum absolute atomic E-state index is 13.9. The number of nitrogens with one attached hydrogen (secondary N) is 1. The van der Waals surface area contributed by atoms with Gasteiger partial charge in [0, 0.05) is 70.1 Å². The van der Waals surface area contributed by atoms with Gasteiger partial charge in [0.05, 0.1) is 29.4 Å². The van der Waals surface area contributed by atoms with Crippen LogP contribution in [-0.4, -0.2) is 66.0 Å². The average Bonchev–Trinajstić information content (AvgIpc) is 3.74. The summed E-state index contributed by atoms with van der Waals surface area (Å²) in [5, 5.41) is 14.2. The number of amides is 1. The molecule has 0 unspecified atom stereocenters. The summed E-state index contributed by atoms with van der Waals surface area (Å²) in [5.41, 5.74) is 5.35. The van der Waals surface area contributed by atoms with Crippen molar-refractivity contribution in [2.75, 3.05) is 19.4 Å². The first-order valence-electron chi connectivity index (χ1n) is 17.1. The Labute approximate surface area is 321 Å². The summed E-state index contributed by atoms with van der Waals surface area (Å²) < 4.78 is 39.1. The number of Topliss-reactive ketones (excluding diaryl/α,β-unsaturated/α-hetero) is 1. The molecular formula is C37H41N5O9PdS-2. The Hall–Kier alpha value is -4.23. The molecule has 53 heavy (non-hydrogen) atoms. The number of aryl methyl sites for hydroxylation is 2. The molecular weight excluding hydrogens is 797 g/mol. The molecule has 5 rings (SSSR count). The minimum Gasteiger partial charge on any atom is -0.748 e. The van der Waals surface area contributed by atoms with Gasteiger partial charge in [-0.25, -0.2) is 8.42 Å². The Morgan fingerprint density at radius 1 is 0.906 bits per heavy atom. The molecule has 0 fully saturated rings. The van der Waals surface area contributed by atoms with Crippen LogP contribution in [0.2, 0.25) is 0 Å². The summed E-state index contributed by atoms with van der Waals surface area (Å²) in [6.07, 6.45) is 0.0578. The number of ether oxygens (including phenoxy) is 1. The van der Waals surface area contributed by atoms with Gasteiger partial charge in [-0.3, -0.25) is 24.4 Å².